The van der Waals surface area contributed by atoms with Crippen LogP contribution in [0.25, 0.3) is 10.6 Å². The minimum absolute atomic E-state index is 0.409. The highest BCUT2D eigenvalue weighted by molar-refractivity contribution is 7.18. The first-order chi connectivity index (χ1) is 11.2. The third-order valence-corrected chi connectivity index (χ3v) is 3.81. The molecule has 0 aliphatic rings. The standard InChI is InChI=1S/C16H13N3O3S/c1-21-15(20)11-5-3-7-13(9-11)22-12-6-2-4-10(8-12)14-18-19-16(17)23-14/h2-9H,1H3,(H2,17,19). The molecule has 7 heteroatoms. The van der Waals surface area contributed by atoms with Crippen LogP contribution in [-0.4, -0.2) is 23.3 Å². The molecule has 23 heavy (non-hydrogen) atoms. The maximum Gasteiger partial charge on any atom is 0.337 e. The Kier molecular flexibility index (Phi) is 4.20. The fraction of sp³-hybridized carbons (Fsp3) is 0.0625. The number of rotatable bonds is 4. The molecule has 0 unspecified atom stereocenters. The Morgan fingerprint density at radius 3 is 2.52 bits per heavy atom. The summed E-state index contributed by atoms with van der Waals surface area (Å²) in [4.78, 5) is 11.6. The topological polar surface area (TPSA) is 87.3 Å². The van der Waals surface area contributed by atoms with E-state index < -0.39 is 5.97 Å². The number of nitrogens with two attached hydrogens (primary N) is 1. The van der Waals surface area contributed by atoms with Gasteiger partial charge >= 0.3 is 5.97 Å². The lowest BCUT2D eigenvalue weighted by Gasteiger charge is -2.08. The molecule has 0 fully saturated rings. The highest BCUT2D eigenvalue weighted by Gasteiger charge is 2.09. The van der Waals surface area contributed by atoms with Crippen LogP contribution in [0, 0.1) is 0 Å². The molecule has 2 N–H and O–H groups in total. The van der Waals surface area contributed by atoms with E-state index in [9.17, 15) is 4.79 Å². The van der Waals surface area contributed by atoms with Crippen molar-refractivity contribution in [1.82, 2.24) is 10.2 Å². The van der Waals surface area contributed by atoms with Crippen molar-refractivity contribution in [2.45, 2.75) is 0 Å². The molecule has 3 rings (SSSR count). The largest absolute Gasteiger partial charge is 0.465 e. The smallest absolute Gasteiger partial charge is 0.337 e. The Hall–Kier alpha value is -2.93. The lowest BCUT2D eigenvalue weighted by molar-refractivity contribution is 0.0600. The van der Waals surface area contributed by atoms with Gasteiger partial charge in [0.15, 0.2) is 0 Å². The molecule has 0 saturated carbocycles. The molecule has 0 aliphatic carbocycles. The van der Waals surface area contributed by atoms with Crippen molar-refractivity contribution in [2.75, 3.05) is 12.8 Å². The summed E-state index contributed by atoms with van der Waals surface area (Å²) < 4.78 is 10.5. The molecule has 2 aromatic carbocycles. The molecule has 0 radical (unpaired) electrons. The summed E-state index contributed by atoms with van der Waals surface area (Å²) >= 11 is 1.30. The SMILES string of the molecule is COC(=O)c1cccc(Oc2cccc(-c3nnc(N)s3)c2)c1. The van der Waals surface area contributed by atoms with E-state index in [1.165, 1.54) is 18.4 Å². The number of nitrogens with zero attached hydrogens (tertiary/aromatic N) is 2. The quantitative estimate of drug-likeness (QED) is 0.739. The van der Waals surface area contributed by atoms with Gasteiger partial charge in [0.25, 0.3) is 0 Å². The second kappa shape index (κ2) is 6.45. The van der Waals surface area contributed by atoms with E-state index in [2.05, 4.69) is 10.2 Å². The minimum atomic E-state index is -0.409. The van der Waals surface area contributed by atoms with Crippen LogP contribution >= 0.6 is 11.3 Å². The third kappa shape index (κ3) is 3.46. The highest BCUT2D eigenvalue weighted by Crippen LogP contribution is 2.30. The lowest BCUT2D eigenvalue weighted by atomic mass is 10.2. The van der Waals surface area contributed by atoms with E-state index in [0.29, 0.717) is 22.2 Å². The first-order valence-corrected chi connectivity index (χ1v) is 7.53. The Morgan fingerprint density at radius 2 is 1.83 bits per heavy atom. The van der Waals surface area contributed by atoms with Gasteiger partial charge in [-0.25, -0.2) is 4.79 Å². The van der Waals surface area contributed by atoms with Crippen LogP contribution < -0.4 is 10.5 Å². The average Bonchev–Trinajstić information content (AvgIpc) is 3.01. The molecule has 3 aromatic rings. The summed E-state index contributed by atoms with van der Waals surface area (Å²) in [5.41, 5.74) is 6.90. The summed E-state index contributed by atoms with van der Waals surface area (Å²) in [6.45, 7) is 0. The number of benzene rings is 2. The fourth-order valence-electron chi connectivity index (χ4n) is 1.98. The predicted molar refractivity (Wildman–Crippen MR) is 87.6 cm³/mol. The van der Waals surface area contributed by atoms with Crippen LogP contribution in [0.3, 0.4) is 0 Å². The summed E-state index contributed by atoms with van der Waals surface area (Å²) in [7, 11) is 1.34. The second-order valence-electron chi connectivity index (χ2n) is 4.59. The Labute approximate surface area is 136 Å². The molecule has 0 bridgehead atoms. The first kappa shape index (κ1) is 15.0. The van der Waals surface area contributed by atoms with Gasteiger partial charge in [0, 0.05) is 5.56 Å². The summed E-state index contributed by atoms with van der Waals surface area (Å²) in [5.74, 6) is 0.758. The zero-order chi connectivity index (χ0) is 16.2. The van der Waals surface area contributed by atoms with Crippen molar-refractivity contribution >= 4 is 22.4 Å². The average molecular weight is 327 g/mol. The predicted octanol–water partition coefficient (Wildman–Crippen LogP) is 3.37. The lowest BCUT2D eigenvalue weighted by Crippen LogP contribution is -2.00. The van der Waals surface area contributed by atoms with E-state index in [1.54, 1.807) is 24.3 Å². The zero-order valence-electron chi connectivity index (χ0n) is 12.2. The number of hydrogen-bond donors (Lipinski definition) is 1. The molecule has 0 amide bonds. The molecular weight excluding hydrogens is 314 g/mol. The van der Waals surface area contributed by atoms with Gasteiger partial charge in [0.2, 0.25) is 5.13 Å². The monoisotopic (exact) mass is 327 g/mol. The van der Waals surface area contributed by atoms with Crippen molar-refractivity contribution < 1.29 is 14.3 Å². The van der Waals surface area contributed by atoms with Gasteiger partial charge in [-0.05, 0) is 30.3 Å². The zero-order valence-corrected chi connectivity index (χ0v) is 13.0. The van der Waals surface area contributed by atoms with Crippen molar-refractivity contribution in [1.29, 1.82) is 0 Å². The van der Waals surface area contributed by atoms with Gasteiger partial charge in [-0.15, -0.1) is 10.2 Å². The van der Waals surface area contributed by atoms with E-state index in [0.717, 1.165) is 10.6 Å². The van der Waals surface area contributed by atoms with E-state index >= 15 is 0 Å². The maximum absolute atomic E-state index is 11.6. The summed E-state index contributed by atoms with van der Waals surface area (Å²) in [6.07, 6.45) is 0. The highest BCUT2D eigenvalue weighted by atomic mass is 32.1. The molecule has 116 valence electrons. The molecule has 0 atom stereocenters. The van der Waals surface area contributed by atoms with Crippen molar-refractivity contribution in [3.8, 4) is 22.1 Å². The van der Waals surface area contributed by atoms with Crippen LogP contribution in [0.5, 0.6) is 11.5 Å². The Morgan fingerprint density at radius 1 is 1.09 bits per heavy atom. The van der Waals surface area contributed by atoms with Crippen LogP contribution in [0.4, 0.5) is 5.13 Å². The first-order valence-electron chi connectivity index (χ1n) is 6.71. The molecule has 0 saturated heterocycles. The normalized spacial score (nSPS) is 10.3. The number of anilines is 1. The van der Waals surface area contributed by atoms with Crippen molar-refractivity contribution in [3.63, 3.8) is 0 Å². The molecular formula is C16H13N3O3S. The molecule has 0 spiro atoms. The molecule has 1 heterocycles. The van der Waals surface area contributed by atoms with Gasteiger partial charge in [-0.3, -0.25) is 0 Å². The van der Waals surface area contributed by atoms with Gasteiger partial charge < -0.3 is 15.2 Å². The van der Waals surface area contributed by atoms with Crippen molar-refractivity contribution in [3.05, 3.63) is 54.1 Å². The van der Waals surface area contributed by atoms with Crippen LogP contribution in [0.2, 0.25) is 0 Å². The number of hydrogen-bond acceptors (Lipinski definition) is 7. The van der Waals surface area contributed by atoms with Crippen LogP contribution in [0.1, 0.15) is 10.4 Å². The van der Waals surface area contributed by atoms with Crippen LogP contribution in [0.15, 0.2) is 48.5 Å². The summed E-state index contributed by atoms with van der Waals surface area (Å²) in [5, 5.41) is 8.94. The number of nitrogen functional groups attached to an aromatic ring is 1. The number of esters is 1. The number of ether oxygens (including phenoxy) is 2. The van der Waals surface area contributed by atoms with Gasteiger partial charge in [0.1, 0.15) is 16.5 Å². The van der Waals surface area contributed by atoms with E-state index in [4.69, 9.17) is 15.2 Å². The Bertz CT molecular complexity index is 848. The molecule has 6 nitrogen and oxygen atoms in total. The number of carbonyl (C=O) groups is 1. The van der Waals surface area contributed by atoms with Gasteiger partial charge in [-0.1, -0.05) is 29.5 Å². The number of carbonyl (C=O) groups excluding carboxylic acids is 1. The van der Waals surface area contributed by atoms with Gasteiger partial charge in [-0.2, -0.15) is 0 Å². The fourth-order valence-corrected chi connectivity index (χ4v) is 2.59. The van der Waals surface area contributed by atoms with Gasteiger partial charge in [0.05, 0.1) is 12.7 Å². The van der Waals surface area contributed by atoms with Crippen LogP contribution in [-0.2, 0) is 4.74 Å². The summed E-state index contributed by atoms with van der Waals surface area (Å²) in [6, 6.07) is 14.2. The number of methoxy groups -OCH3 is 1. The van der Waals surface area contributed by atoms with E-state index in [-0.39, 0.29) is 0 Å². The Balaban J connectivity index is 1.85. The number of aromatic nitrogens is 2. The van der Waals surface area contributed by atoms with E-state index in [1.807, 2.05) is 24.3 Å². The molecule has 0 aliphatic heterocycles. The third-order valence-electron chi connectivity index (χ3n) is 3.01. The maximum atomic E-state index is 11.6. The minimum Gasteiger partial charge on any atom is -0.465 e. The molecule has 1 aromatic heterocycles. The second-order valence-corrected chi connectivity index (χ2v) is 5.60. The van der Waals surface area contributed by atoms with Crippen molar-refractivity contribution in [2.24, 2.45) is 0 Å².